The topological polar surface area (TPSA) is 78.4 Å². The number of carbonyl (C=O) groups excluding carboxylic acids is 1. The SMILES string of the molecule is CC(C)CC(NC(=O)C1CCNC(C)C1)C(=O)O. The second-order valence-corrected chi connectivity index (χ2v) is 5.61. The average molecular weight is 256 g/mol. The molecule has 0 aromatic heterocycles. The maximum Gasteiger partial charge on any atom is 0.326 e. The first-order valence-corrected chi connectivity index (χ1v) is 6.66. The van der Waals surface area contributed by atoms with Crippen molar-refractivity contribution in [3.05, 3.63) is 0 Å². The first kappa shape index (κ1) is 15.0. The van der Waals surface area contributed by atoms with Crippen LogP contribution in [0.4, 0.5) is 0 Å². The fourth-order valence-electron chi connectivity index (χ4n) is 2.35. The summed E-state index contributed by atoms with van der Waals surface area (Å²) in [5, 5.41) is 15.0. The van der Waals surface area contributed by atoms with Gasteiger partial charge in [0.15, 0.2) is 0 Å². The van der Waals surface area contributed by atoms with E-state index < -0.39 is 12.0 Å². The van der Waals surface area contributed by atoms with E-state index in [2.05, 4.69) is 10.6 Å². The Morgan fingerprint density at radius 1 is 1.44 bits per heavy atom. The molecule has 1 heterocycles. The summed E-state index contributed by atoms with van der Waals surface area (Å²) < 4.78 is 0. The molecule has 1 fully saturated rings. The van der Waals surface area contributed by atoms with Crippen molar-refractivity contribution in [2.24, 2.45) is 11.8 Å². The van der Waals surface area contributed by atoms with Gasteiger partial charge in [-0.15, -0.1) is 0 Å². The largest absolute Gasteiger partial charge is 0.480 e. The Morgan fingerprint density at radius 2 is 2.11 bits per heavy atom. The predicted octanol–water partition coefficient (Wildman–Crippen LogP) is 0.990. The van der Waals surface area contributed by atoms with Crippen molar-refractivity contribution in [1.29, 1.82) is 0 Å². The lowest BCUT2D eigenvalue weighted by Crippen LogP contribution is -2.48. The number of hydrogen-bond donors (Lipinski definition) is 3. The average Bonchev–Trinajstić information content (AvgIpc) is 2.27. The van der Waals surface area contributed by atoms with E-state index in [1.165, 1.54) is 0 Å². The second-order valence-electron chi connectivity index (χ2n) is 5.61. The van der Waals surface area contributed by atoms with E-state index in [0.717, 1.165) is 19.4 Å². The predicted molar refractivity (Wildman–Crippen MR) is 69.2 cm³/mol. The van der Waals surface area contributed by atoms with Crippen molar-refractivity contribution < 1.29 is 14.7 Å². The fraction of sp³-hybridized carbons (Fsp3) is 0.846. The van der Waals surface area contributed by atoms with Crippen LogP contribution in [0.15, 0.2) is 0 Å². The molecule has 1 rings (SSSR count). The Balaban J connectivity index is 2.52. The number of carboxylic acid groups (broad SMARTS) is 1. The molecular weight excluding hydrogens is 232 g/mol. The van der Waals surface area contributed by atoms with E-state index in [1.54, 1.807) is 0 Å². The van der Waals surface area contributed by atoms with Gasteiger partial charge in [-0.3, -0.25) is 4.79 Å². The molecule has 5 nitrogen and oxygen atoms in total. The van der Waals surface area contributed by atoms with Gasteiger partial charge >= 0.3 is 5.97 Å². The molecule has 0 spiro atoms. The van der Waals surface area contributed by atoms with Crippen molar-refractivity contribution in [3.63, 3.8) is 0 Å². The highest BCUT2D eigenvalue weighted by Gasteiger charge is 2.28. The molecule has 1 saturated heterocycles. The first-order chi connectivity index (χ1) is 8.40. The van der Waals surface area contributed by atoms with Crippen molar-refractivity contribution in [1.82, 2.24) is 10.6 Å². The van der Waals surface area contributed by atoms with Gasteiger partial charge in [0.05, 0.1) is 0 Å². The molecule has 3 N–H and O–H groups in total. The van der Waals surface area contributed by atoms with Crippen LogP contribution in [0.5, 0.6) is 0 Å². The summed E-state index contributed by atoms with van der Waals surface area (Å²) >= 11 is 0. The lowest BCUT2D eigenvalue weighted by Gasteiger charge is -2.28. The minimum Gasteiger partial charge on any atom is -0.480 e. The Labute approximate surface area is 108 Å². The van der Waals surface area contributed by atoms with Crippen LogP contribution in [0, 0.1) is 11.8 Å². The molecule has 18 heavy (non-hydrogen) atoms. The number of hydrogen-bond acceptors (Lipinski definition) is 3. The van der Waals surface area contributed by atoms with Crippen LogP contribution in [0.3, 0.4) is 0 Å². The summed E-state index contributed by atoms with van der Waals surface area (Å²) in [6, 6.07) is -0.439. The maximum atomic E-state index is 12.0. The molecular formula is C13H24N2O3. The third kappa shape index (κ3) is 4.64. The standard InChI is InChI=1S/C13H24N2O3/c1-8(2)6-11(13(17)18)15-12(16)10-4-5-14-9(3)7-10/h8-11,14H,4-7H2,1-3H3,(H,15,16)(H,17,18). The quantitative estimate of drug-likeness (QED) is 0.685. The zero-order valence-corrected chi connectivity index (χ0v) is 11.4. The highest BCUT2D eigenvalue weighted by molar-refractivity contribution is 5.85. The van der Waals surface area contributed by atoms with Gasteiger partial charge in [0.25, 0.3) is 0 Å². The molecule has 5 heteroatoms. The summed E-state index contributed by atoms with van der Waals surface area (Å²) in [6.07, 6.45) is 2.03. The lowest BCUT2D eigenvalue weighted by atomic mass is 9.92. The van der Waals surface area contributed by atoms with E-state index in [-0.39, 0.29) is 17.7 Å². The summed E-state index contributed by atoms with van der Waals surface area (Å²) in [6.45, 7) is 6.77. The molecule has 1 aliphatic rings. The number of piperidine rings is 1. The van der Waals surface area contributed by atoms with Crippen LogP contribution in [-0.4, -0.2) is 35.6 Å². The molecule has 3 atom stereocenters. The van der Waals surface area contributed by atoms with Crippen molar-refractivity contribution in [3.8, 4) is 0 Å². The summed E-state index contributed by atoms with van der Waals surface area (Å²) in [7, 11) is 0. The van der Waals surface area contributed by atoms with Crippen LogP contribution in [0.25, 0.3) is 0 Å². The molecule has 0 aromatic carbocycles. The maximum absolute atomic E-state index is 12.0. The number of rotatable bonds is 5. The summed E-state index contributed by atoms with van der Waals surface area (Å²) in [5.74, 6) is -0.871. The van der Waals surface area contributed by atoms with Crippen LogP contribution < -0.4 is 10.6 Å². The number of carboxylic acids is 1. The minimum absolute atomic E-state index is 0.0599. The van der Waals surface area contributed by atoms with E-state index in [9.17, 15) is 9.59 Å². The van der Waals surface area contributed by atoms with Crippen LogP contribution in [-0.2, 0) is 9.59 Å². The fourth-order valence-corrected chi connectivity index (χ4v) is 2.35. The number of carbonyl (C=O) groups is 2. The van der Waals surface area contributed by atoms with Gasteiger partial charge in [0.1, 0.15) is 6.04 Å². The third-order valence-electron chi connectivity index (χ3n) is 3.32. The van der Waals surface area contributed by atoms with Crippen LogP contribution in [0.1, 0.15) is 40.0 Å². The number of nitrogens with one attached hydrogen (secondary N) is 2. The minimum atomic E-state index is -0.945. The molecule has 0 bridgehead atoms. The lowest BCUT2D eigenvalue weighted by molar-refractivity contribution is -0.143. The molecule has 0 radical (unpaired) electrons. The van der Waals surface area contributed by atoms with Crippen LogP contribution in [0.2, 0.25) is 0 Å². The van der Waals surface area contributed by atoms with E-state index in [1.807, 2.05) is 20.8 Å². The zero-order chi connectivity index (χ0) is 13.7. The van der Waals surface area contributed by atoms with Gasteiger partial charge in [-0.05, 0) is 38.6 Å². The molecule has 3 unspecified atom stereocenters. The molecule has 1 amide bonds. The highest BCUT2D eigenvalue weighted by Crippen LogP contribution is 2.17. The molecule has 104 valence electrons. The number of amides is 1. The monoisotopic (exact) mass is 256 g/mol. The third-order valence-corrected chi connectivity index (χ3v) is 3.32. The smallest absolute Gasteiger partial charge is 0.326 e. The summed E-state index contributed by atoms with van der Waals surface area (Å²) in [4.78, 5) is 23.1. The molecule has 0 saturated carbocycles. The summed E-state index contributed by atoms with van der Waals surface area (Å²) in [5.41, 5.74) is 0. The zero-order valence-electron chi connectivity index (χ0n) is 11.4. The Morgan fingerprint density at radius 3 is 2.61 bits per heavy atom. The normalized spacial score (nSPS) is 25.8. The highest BCUT2D eigenvalue weighted by atomic mass is 16.4. The van der Waals surface area contributed by atoms with Crippen molar-refractivity contribution in [2.45, 2.75) is 52.1 Å². The second kappa shape index (κ2) is 6.73. The van der Waals surface area contributed by atoms with Gasteiger partial charge < -0.3 is 15.7 Å². The molecule has 1 aliphatic heterocycles. The first-order valence-electron chi connectivity index (χ1n) is 6.66. The Bertz CT molecular complexity index is 305. The van der Waals surface area contributed by atoms with E-state index in [4.69, 9.17) is 5.11 Å². The Hall–Kier alpha value is -1.10. The van der Waals surface area contributed by atoms with Gasteiger partial charge in [-0.1, -0.05) is 13.8 Å². The Kier molecular flexibility index (Phi) is 5.59. The van der Waals surface area contributed by atoms with Gasteiger partial charge in [-0.2, -0.15) is 0 Å². The number of aliphatic carboxylic acids is 1. The molecule has 0 aliphatic carbocycles. The molecule has 0 aromatic rings. The van der Waals surface area contributed by atoms with Gasteiger partial charge in [0.2, 0.25) is 5.91 Å². The van der Waals surface area contributed by atoms with Crippen LogP contribution >= 0.6 is 0 Å². The van der Waals surface area contributed by atoms with E-state index >= 15 is 0 Å². The van der Waals surface area contributed by atoms with Crippen molar-refractivity contribution in [2.75, 3.05) is 6.54 Å². The van der Waals surface area contributed by atoms with Gasteiger partial charge in [-0.25, -0.2) is 4.79 Å². The van der Waals surface area contributed by atoms with E-state index in [0.29, 0.717) is 12.5 Å². The van der Waals surface area contributed by atoms with Gasteiger partial charge in [0, 0.05) is 12.0 Å². The van der Waals surface area contributed by atoms with Crippen molar-refractivity contribution >= 4 is 11.9 Å².